The number of aromatic hydroxyl groups is 1. The number of nitrogens with one attached hydrogen (secondary N) is 2. The number of carbonyl (C=O) groups excluding carboxylic acids is 2. The van der Waals surface area contributed by atoms with Crippen molar-refractivity contribution in [3.05, 3.63) is 41.1 Å². The fourth-order valence-electron chi connectivity index (χ4n) is 2.93. The SMILES string of the molecule is CC(C)CN1CC2=C(C1=O)[C@@H](c1ccc(O)cc1)NC(=O)N2. The van der Waals surface area contributed by atoms with E-state index in [1.807, 2.05) is 0 Å². The Morgan fingerprint density at radius 3 is 2.59 bits per heavy atom. The summed E-state index contributed by atoms with van der Waals surface area (Å²) in [5.74, 6) is 0.466. The molecule has 6 heteroatoms. The average Bonchev–Trinajstić information content (AvgIpc) is 2.74. The first-order valence-electron chi connectivity index (χ1n) is 7.34. The Morgan fingerprint density at radius 1 is 1.27 bits per heavy atom. The van der Waals surface area contributed by atoms with Gasteiger partial charge in [-0.25, -0.2) is 4.79 Å². The van der Waals surface area contributed by atoms with E-state index < -0.39 is 6.04 Å². The van der Waals surface area contributed by atoms with Crippen LogP contribution in [0.15, 0.2) is 35.5 Å². The number of rotatable bonds is 3. The Kier molecular flexibility index (Phi) is 3.52. The lowest BCUT2D eigenvalue weighted by atomic mass is 9.96. The van der Waals surface area contributed by atoms with Crippen LogP contribution in [0.25, 0.3) is 0 Å². The lowest BCUT2D eigenvalue weighted by Crippen LogP contribution is -2.44. The second-order valence-electron chi connectivity index (χ2n) is 6.09. The minimum absolute atomic E-state index is 0.0470. The third-order valence-electron chi connectivity index (χ3n) is 3.83. The van der Waals surface area contributed by atoms with Crippen LogP contribution in [0.4, 0.5) is 4.79 Å². The number of hydrogen-bond acceptors (Lipinski definition) is 3. The highest BCUT2D eigenvalue weighted by atomic mass is 16.3. The van der Waals surface area contributed by atoms with Gasteiger partial charge in [-0.05, 0) is 23.6 Å². The highest BCUT2D eigenvalue weighted by molar-refractivity contribution is 6.01. The molecule has 3 amide bonds. The van der Waals surface area contributed by atoms with Gasteiger partial charge < -0.3 is 20.6 Å². The van der Waals surface area contributed by atoms with Crippen molar-refractivity contribution >= 4 is 11.9 Å². The number of urea groups is 1. The predicted molar refractivity (Wildman–Crippen MR) is 81.0 cm³/mol. The van der Waals surface area contributed by atoms with E-state index in [0.29, 0.717) is 30.3 Å². The predicted octanol–water partition coefficient (Wildman–Crippen LogP) is 1.50. The second kappa shape index (κ2) is 5.36. The molecule has 1 atom stereocenters. The molecule has 0 saturated heterocycles. The summed E-state index contributed by atoms with van der Waals surface area (Å²) in [5.41, 5.74) is 2.04. The van der Waals surface area contributed by atoms with Gasteiger partial charge in [-0.15, -0.1) is 0 Å². The number of amides is 3. The van der Waals surface area contributed by atoms with Gasteiger partial charge in [-0.3, -0.25) is 4.79 Å². The zero-order chi connectivity index (χ0) is 15.9. The van der Waals surface area contributed by atoms with Gasteiger partial charge in [-0.2, -0.15) is 0 Å². The molecule has 0 aromatic heterocycles. The minimum atomic E-state index is -0.478. The van der Waals surface area contributed by atoms with E-state index in [0.717, 1.165) is 5.56 Å². The summed E-state index contributed by atoms with van der Waals surface area (Å²) >= 11 is 0. The van der Waals surface area contributed by atoms with Crippen molar-refractivity contribution in [3.8, 4) is 5.75 Å². The maximum atomic E-state index is 12.7. The number of phenolic OH excluding ortho intramolecular Hbond substituents is 1. The van der Waals surface area contributed by atoms with Crippen molar-refractivity contribution in [1.82, 2.24) is 15.5 Å². The van der Waals surface area contributed by atoms with Crippen LogP contribution in [0.1, 0.15) is 25.5 Å². The highest BCUT2D eigenvalue weighted by Crippen LogP contribution is 2.33. The Balaban J connectivity index is 1.94. The van der Waals surface area contributed by atoms with Crippen LogP contribution in [-0.4, -0.2) is 35.0 Å². The molecular weight excluding hydrogens is 282 g/mol. The molecular formula is C16H19N3O3. The molecule has 0 radical (unpaired) electrons. The van der Waals surface area contributed by atoms with E-state index in [2.05, 4.69) is 24.5 Å². The first kappa shape index (κ1) is 14.4. The molecule has 0 bridgehead atoms. The van der Waals surface area contributed by atoms with Crippen molar-refractivity contribution < 1.29 is 14.7 Å². The molecule has 116 valence electrons. The molecule has 0 fully saturated rings. The highest BCUT2D eigenvalue weighted by Gasteiger charge is 2.40. The summed E-state index contributed by atoms with van der Waals surface area (Å²) in [7, 11) is 0. The number of benzene rings is 1. The van der Waals surface area contributed by atoms with Crippen molar-refractivity contribution in [1.29, 1.82) is 0 Å². The molecule has 2 aliphatic heterocycles. The standard InChI is InChI=1S/C16H19N3O3/c1-9(2)7-19-8-12-13(15(19)21)14(18-16(22)17-12)10-3-5-11(20)6-4-10/h3-6,9,14,20H,7-8H2,1-2H3,(H2,17,18,22)/t14-/m1/s1. The molecule has 0 unspecified atom stereocenters. The third kappa shape index (κ3) is 2.52. The zero-order valence-corrected chi connectivity index (χ0v) is 12.6. The molecule has 22 heavy (non-hydrogen) atoms. The van der Waals surface area contributed by atoms with Crippen LogP contribution in [0.5, 0.6) is 5.75 Å². The summed E-state index contributed by atoms with van der Waals surface area (Å²) in [5, 5.41) is 14.9. The van der Waals surface area contributed by atoms with Crippen LogP contribution in [0.3, 0.4) is 0 Å². The molecule has 0 spiro atoms. The fraction of sp³-hybridized carbons (Fsp3) is 0.375. The lowest BCUT2D eigenvalue weighted by molar-refractivity contribution is -0.126. The van der Waals surface area contributed by atoms with Crippen molar-refractivity contribution in [2.75, 3.05) is 13.1 Å². The number of hydrogen-bond donors (Lipinski definition) is 3. The maximum Gasteiger partial charge on any atom is 0.319 e. The molecule has 6 nitrogen and oxygen atoms in total. The first-order chi connectivity index (χ1) is 10.5. The molecule has 2 heterocycles. The van der Waals surface area contributed by atoms with Gasteiger partial charge in [-0.1, -0.05) is 26.0 Å². The smallest absolute Gasteiger partial charge is 0.319 e. The largest absolute Gasteiger partial charge is 0.508 e. The Hall–Kier alpha value is -2.50. The van der Waals surface area contributed by atoms with Gasteiger partial charge >= 0.3 is 6.03 Å². The molecule has 1 aromatic rings. The molecule has 3 N–H and O–H groups in total. The number of carbonyl (C=O) groups is 2. The van der Waals surface area contributed by atoms with Crippen molar-refractivity contribution in [2.24, 2.45) is 5.92 Å². The summed E-state index contributed by atoms with van der Waals surface area (Å²) in [4.78, 5) is 26.3. The second-order valence-corrected chi connectivity index (χ2v) is 6.09. The minimum Gasteiger partial charge on any atom is -0.508 e. The van der Waals surface area contributed by atoms with E-state index in [4.69, 9.17) is 0 Å². The number of nitrogens with zero attached hydrogens (tertiary/aromatic N) is 1. The third-order valence-corrected chi connectivity index (χ3v) is 3.83. The van der Waals surface area contributed by atoms with Crippen LogP contribution < -0.4 is 10.6 Å². The molecule has 2 aliphatic rings. The van der Waals surface area contributed by atoms with E-state index in [9.17, 15) is 14.7 Å². The van der Waals surface area contributed by atoms with Gasteiger partial charge in [0.2, 0.25) is 0 Å². The van der Waals surface area contributed by atoms with Crippen LogP contribution in [-0.2, 0) is 4.79 Å². The average molecular weight is 301 g/mol. The molecule has 3 rings (SSSR count). The van der Waals surface area contributed by atoms with Gasteiger partial charge in [0.25, 0.3) is 5.91 Å². The van der Waals surface area contributed by atoms with E-state index in [1.54, 1.807) is 29.2 Å². The van der Waals surface area contributed by atoms with E-state index >= 15 is 0 Å². The topological polar surface area (TPSA) is 81.7 Å². The summed E-state index contributed by atoms with van der Waals surface area (Å²) in [6, 6.07) is 5.75. The van der Waals surface area contributed by atoms with Crippen LogP contribution >= 0.6 is 0 Å². The van der Waals surface area contributed by atoms with Crippen molar-refractivity contribution in [3.63, 3.8) is 0 Å². The molecule has 0 aliphatic carbocycles. The summed E-state index contributed by atoms with van der Waals surface area (Å²) < 4.78 is 0. The quantitative estimate of drug-likeness (QED) is 0.791. The Bertz CT molecular complexity index is 649. The zero-order valence-electron chi connectivity index (χ0n) is 12.6. The Labute approximate surface area is 128 Å². The Morgan fingerprint density at radius 2 is 1.95 bits per heavy atom. The number of phenols is 1. The van der Waals surface area contributed by atoms with E-state index in [1.165, 1.54) is 0 Å². The van der Waals surface area contributed by atoms with Crippen molar-refractivity contribution in [2.45, 2.75) is 19.9 Å². The summed E-state index contributed by atoms with van der Waals surface area (Å²) in [6.45, 7) is 5.20. The van der Waals surface area contributed by atoms with Gasteiger partial charge in [0.05, 0.1) is 23.9 Å². The molecule has 1 aromatic carbocycles. The normalized spacial score (nSPS) is 21.0. The summed E-state index contributed by atoms with van der Waals surface area (Å²) in [6.07, 6.45) is 0. The van der Waals surface area contributed by atoms with Gasteiger partial charge in [0, 0.05) is 6.54 Å². The van der Waals surface area contributed by atoms with Crippen LogP contribution in [0.2, 0.25) is 0 Å². The van der Waals surface area contributed by atoms with Crippen LogP contribution in [0, 0.1) is 5.92 Å². The monoisotopic (exact) mass is 301 g/mol. The fourth-order valence-corrected chi connectivity index (χ4v) is 2.93. The lowest BCUT2D eigenvalue weighted by Gasteiger charge is -2.25. The first-order valence-corrected chi connectivity index (χ1v) is 7.34. The van der Waals surface area contributed by atoms with E-state index in [-0.39, 0.29) is 17.7 Å². The maximum absolute atomic E-state index is 12.7. The van der Waals surface area contributed by atoms with Gasteiger partial charge in [0.1, 0.15) is 5.75 Å². The van der Waals surface area contributed by atoms with Gasteiger partial charge in [0.15, 0.2) is 0 Å². The molecule has 0 saturated carbocycles.